The van der Waals surface area contributed by atoms with E-state index in [1.165, 1.54) is 0 Å². The molecule has 0 radical (unpaired) electrons. The fraction of sp³-hybridized carbons (Fsp3) is 0.400. The second-order valence-corrected chi connectivity index (χ2v) is 10.1. The summed E-state index contributed by atoms with van der Waals surface area (Å²) in [6.45, 7) is 3.59. The highest BCUT2D eigenvalue weighted by atomic mass is 16.5. The number of hydrogen-bond donors (Lipinski definition) is 0. The van der Waals surface area contributed by atoms with Gasteiger partial charge in [-0.1, -0.05) is 10.2 Å². The van der Waals surface area contributed by atoms with Gasteiger partial charge in [-0.3, -0.25) is 0 Å². The molecule has 0 bridgehead atoms. The molecule has 4 aromatic rings. The van der Waals surface area contributed by atoms with E-state index < -0.39 is 0 Å². The van der Waals surface area contributed by atoms with Crippen LogP contribution in [0.25, 0.3) is 0 Å². The number of aromatic nitrogens is 6. The van der Waals surface area contributed by atoms with E-state index in [0.717, 1.165) is 73.3 Å². The molecule has 1 aliphatic rings. The van der Waals surface area contributed by atoms with Crippen LogP contribution in [0.5, 0.6) is 11.5 Å². The monoisotopic (exact) mass is 604 g/mol. The highest BCUT2D eigenvalue weighted by Gasteiger charge is 2.20. The molecule has 14 heteroatoms. The van der Waals surface area contributed by atoms with Crippen LogP contribution in [0.15, 0.2) is 69.5 Å². The fourth-order valence-corrected chi connectivity index (χ4v) is 5.04. The quantitative estimate of drug-likeness (QED) is 0.164. The van der Waals surface area contributed by atoms with Crippen molar-refractivity contribution in [1.29, 1.82) is 0 Å². The average molecular weight is 605 g/mol. The van der Waals surface area contributed by atoms with E-state index in [0.29, 0.717) is 11.9 Å². The molecule has 1 aliphatic heterocycles. The van der Waals surface area contributed by atoms with E-state index in [1.807, 2.05) is 61.6 Å². The Morgan fingerprint density at radius 2 is 1.02 bits per heavy atom. The Bertz CT molecular complexity index is 1430. The van der Waals surface area contributed by atoms with Crippen molar-refractivity contribution in [1.82, 2.24) is 19.6 Å². The summed E-state index contributed by atoms with van der Waals surface area (Å²) in [5.41, 5.74) is 3.56. The number of anilines is 2. The largest absolute Gasteiger partial charge is 0.495 e. The van der Waals surface area contributed by atoms with E-state index in [-0.39, 0.29) is 14.9 Å². The third-order valence-corrected chi connectivity index (χ3v) is 7.24. The number of methoxy groups -OCH3 is 2. The molecular formula is C30H44N12O2. The minimum Gasteiger partial charge on any atom is -0.495 e. The molecule has 0 amide bonds. The minimum atomic E-state index is 0. The van der Waals surface area contributed by atoms with E-state index in [4.69, 9.17) is 9.47 Å². The molecule has 1 fully saturated rings. The molecular weight excluding hydrogens is 560 g/mol. The van der Waals surface area contributed by atoms with Crippen molar-refractivity contribution in [2.45, 2.75) is 12.8 Å². The summed E-state index contributed by atoms with van der Waals surface area (Å²) in [5.74, 6) is 2.87. The van der Waals surface area contributed by atoms with Gasteiger partial charge in [-0.2, -0.15) is 0 Å². The predicted octanol–water partition coefficient (Wildman–Crippen LogP) is 4.66. The lowest BCUT2D eigenvalue weighted by Gasteiger charge is -2.34. The smallest absolute Gasteiger partial charge is 0.403 e. The first-order chi connectivity index (χ1) is 20.4. The molecule has 0 unspecified atom stereocenters. The van der Waals surface area contributed by atoms with Crippen LogP contribution in [0.1, 0.15) is 12.8 Å². The third kappa shape index (κ3) is 7.36. The lowest BCUT2D eigenvalue weighted by atomic mass is 10.1. The summed E-state index contributed by atoms with van der Waals surface area (Å²) >= 11 is 0. The molecule has 2 aromatic heterocycles. The Morgan fingerprint density at radius 1 is 0.636 bits per heavy atom. The fourth-order valence-electron chi connectivity index (χ4n) is 5.04. The van der Waals surface area contributed by atoms with Crippen LogP contribution in [0.4, 0.5) is 34.6 Å². The molecule has 0 N–H and O–H groups in total. The minimum absolute atomic E-state index is 0. The number of azo groups is 2. The Morgan fingerprint density at radius 3 is 1.34 bits per heavy atom. The van der Waals surface area contributed by atoms with Crippen LogP contribution >= 0.6 is 0 Å². The highest BCUT2D eigenvalue weighted by Crippen LogP contribution is 2.36. The Hall–Kier alpha value is -4.88. The Labute approximate surface area is 259 Å². The van der Waals surface area contributed by atoms with Gasteiger partial charge in [-0.15, -0.1) is 9.36 Å². The SMILES string of the molecule is COc1cc(N=Nc2n(C)nc[n+]2C)ccc1N1CCCN(c2ccc(N=Nc3n(C)nc[n+]3C)cc2OC)CCC1.[CH3-].[CH3-]. The summed E-state index contributed by atoms with van der Waals surface area (Å²) in [6, 6.07) is 11.9. The Balaban J connectivity index is 0.00000264. The van der Waals surface area contributed by atoms with Crippen LogP contribution in [0.3, 0.4) is 0 Å². The number of rotatable bonds is 8. The number of ether oxygens (including phenoxy) is 2. The summed E-state index contributed by atoms with van der Waals surface area (Å²) in [5, 5.41) is 25.9. The van der Waals surface area contributed by atoms with Crippen LogP contribution in [-0.2, 0) is 28.2 Å². The Kier molecular flexibility index (Phi) is 11.5. The molecule has 1 saturated heterocycles. The normalized spacial score (nSPS) is 13.9. The molecule has 14 nitrogen and oxygen atoms in total. The predicted molar refractivity (Wildman–Crippen MR) is 170 cm³/mol. The maximum Gasteiger partial charge on any atom is 0.403 e. The van der Waals surface area contributed by atoms with E-state index in [2.05, 4.69) is 52.6 Å². The standard InChI is InChI=1S/C28H38N12O2.2CH3/c1-35-19-29-37(3)27(35)33-31-21-9-11-23(25(17-21)41-5)39-13-7-15-40(16-8-14-39)24-12-10-22(18-26(24)42-6)32-34-28-36(2)20-30-38(28)4;;/h9-12,17-20H,7-8,13-16H2,1-6H3;2*1H3/q+2;2*-1. The highest BCUT2D eigenvalue weighted by molar-refractivity contribution is 5.65. The van der Waals surface area contributed by atoms with Gasteiger partial charge in [-0.05, 0) is 47.3 Å². The zero-order valence-corrected chi connectivity index (χ0v) is 27.0. The summed E-state index contributed by atoms with van der Waals surface area (Å²) in [6.07, 6.45) is 5.35. The van der Waals surface area contributed by atoms with Crippen molar-refractivity contribution in [2.24, 2.45) is 48.6 Å². The molecule has 236 valence electrons. The number of hydrogen-bond acceptors (Lipinski definition) is 10. The van der Waals surface area contributed by atoms with Gasteiger partial charge in [0.15, 0.2) is 0 Å². The molecule has 5 rings (SSSR count). The van der Waals surface area contributed by atoms with Gasteiger partial charge in [-0.25, -0.2) is 9.13 Å². The first-order valence-corrected chi connectivity index (χ1v) is 13.8. The van der Waals surface area contributed by atoms with Crippen LogP contribution in [0, 0.1) is 14.9 Å². The molecule has 3 heterocycles. The zero-order chi connectivity index (χ0) is 29.6. The van der Waals surface area contributed by atoms with Crippen molar-refractivity contribution in [3.05, 3.63) is 63.9 Å². The van der Waals surface area contributed by atoms with Crippen LogP contribution < -0.4 is 28.4 Å². The van der Waals surface area contributed by atoms with Crippen molar-refractivity contribution in [2.75, 3.05) is 50.2 Å². The lowest BCUT2D eigenvalue weighted by Crippen LogP contribution is -2.37. The van der Waals surface area contributed by atoms with Gasteiger partial charge in [0.2, 0.25) is 12.7 Å². The van der Waals surface area contributed by atoms with Gasteiger partial charge in [0.1, 0.15) is 22.9 Å². The van der Waals surface area contributed by atoms with Crippen LogP contribution in [0.2, 0.25) is 0 Å². The van der Waals surface area contributed by atoms with E-state index in [1.54, 1.807) is 36.2 Å². The van der Waals surface area contributed by atoms with Crippen LogP contribution in [-0.4, -0.2) is 60.0 Å². The van der Waals surface area contributed by atoms with Gasteiger partial charge in [0.05, 0.1) is 53.8 Å². The van der Waals surface area contributed by atoms with Gasteiger partial charge < -0.3 is 34.1 Å². The van der Waals surface area contributed by atoms with Crippen molar-refractivity contribution >= 4 is 34.6 Å². The van der Waals surface area contributed by atoms with Crippen molar-refractivity contribution in [3.63, 3.8) is 0 Å². The maximum absolute atomic E-state index is 5.77. The number of aryl methyl sites for hydroxylation is 4. The molecule has 0 aliphatic carbocycles. The average Bonchev–Trinajstić information content (AvgIpc) is 3.48. The number of benzene rings is 2. The summed E-state index contributed by atoms with van der Waals surface area (Å²) in [7, 11) is 10.8. The topological polar surface area (TPSA) is 118 Å². The third-order valence-electron chi connectivity index (χ3n) is 7.24. The summed E-state index contributed by atoms with van der Waals surface area (Å²) < 4.78 is 18.5. The first-order valence-electron chi connectivity index (χ1n) is 13.8. The van der Waals surface area contributed by atoms with Crippen molar-refractivity contribution in [3.8, 4) is 11.5 Å². The molecule has 2 aromatic carbocycles. The van der Waals surface area contributed by atoms with E-state index in [9.17, 15) is 0 Å². The van der Waals surface area contributed by atoms with Crippen molar-refractivity contribution < 1.29 is 18.6 Å². The van der Waals surface area contributed by atoms with Gasteiger partial charge in [0, 0.05) is 48.5 Å². The van der Waals surface area contributed by atoms with E-state index >= 15 is 0 Å². The van der Waals surface area contributed by atoms with Gasteiger partial charge in [0.25, 0.3) is 0 Å². The number of nitrogens with zero attached hydrogens (tertiary/aromatic N) is 12. The second-order valence-electron chi connectivity index (χ2n) is 10.1. The zero-order valence-electron chi connectivity index (χ0n) is 27.0. The maximum atomic E-state index is 5.77. The molecule has 0 spiro atoms. The molecule has 0 saturated carbocycles. The molecule has 0 atom stereocenters. The second kappa shape index (κ2) is 15.0. The first kappa shape index (κ1) is 33.6. The lowest BCUT2D eigenvalue weighted by molar-refractivity contribution is -0.659. The summed E-state index contributed by atoms with van der Waals surface area (Å²) in [4.78, 5) is 4.77. The molecule has 44 heavy (non-hydrogen) atoms. The van der Waals surface area contributed by atoms with Gasteiger partial charge >= 0.3 is 11.9 Å².